The number of carbonyl (C=O) groups excluding carboxylic acids is 1. The maximum absolute atomic E-state index is 10.4. The summed E-state index contributed by atoms with van der Waals surface area (Å²) >= 11 is 0. The van der Waals surface area contributed by atoms with Crippen LogP contribution >= 0.6 is 0 Å². The number of hydrogen-bond acceptors (Lipinski definition) is 5. The minimum absolute atomic E-state index is 0. The Balaban J connectivity index is 0. The summed E-state index contributed by atoms with van der Waals surface area (Å²) in [6, 6.07) is -0.641. The third kappa shape index (κ3) is 12.0. The average Bonchev–Trinajstić information content (AvgIpc) is 2.31. The number of aliphatic carboxylic acids is 1. The molecule has 1 fully saturated rings. The molecule has 1 aliphatic rings. The summed E-state index contributed by atoms with van der Waals surface area (Å²) in [5.74, 6) is -1.11. The summed E-state index contributed by atoms with van der Waals surface area (Å²) in [5, 5.41) is 10.6. The second-order valence-electron chi connectivity index (χ2n) is 2.97. The number of carbonyl (C=O) groups is 2. The Morgan fingerprint density at radius 3 is 2.00 bits per heavy atom. The first kappa shape index (κ1) is 17.4. The van der Waals surface area contributed by atoms with Crippen molar-refractivity contribution in [3.8, 4) is 0 Å². The molecule has 1 rings (SSSR count). The summed E-state index contributed by atoms with van der Waals surface area (Å²) in [6.45, 7) is 0.993. The van der Waals surface area contributed by atoms with E-state index in [1.165, 1.54) is 0 Å². The van der Waals surface area contributed by atoms with Crippen molar-refractivity contribution >= 4 is 50.2 Å². The van der Waals surface area contributed by atoms with Crippen LogP contribution in [-0.4, -0.2) is 75.8 Å². The molecule has 7 nitrogen and oxygen atoms in total. The summed E-state index contributed by atoms with van der Waals surface area (Å²) in [6.07, 6.45) is 0.769. The van der Waals surface area contributed by atoms with E-state index in [1.54, 1.807) is 0 Å². The molecule has 1 saturated heterocycles. The number of nitrogens with one attached hydrogen (secondary N) is 1. The summed E-state index contributed by atoms with van der Waals surface area (Å²) in [4.78, 5) is 43.8. The van der Waals surface area contributed by atoms with Gasteiger partial charge in [0.25, 0.3) is 0 Å². The van der Waals surface area contributed by atoms with E-state index in [0.29, 0.717) is 12.8 Å². The minimum atomic E-state index is -3.61. The predicted molar refractivity (Wildman–Crippen MR) is 52.8 cm³/mol. The minimum Gasteiger partial charge on any atom is -0.480 e. The smallest absolute Gasteiger partial charge is 0.480 e. The Labute approximate surface area is 110 Å². The molecule has 9 heteroatoms. The Morgan fingerprint density at radius 1 is 1.47 bits per heavy atom. The van der Waals surface area contributed by atoms with Gasteiger partial charge in [0.15, 0.2) is 0 Å². The average molecular weight is 246 g/mol. The van der Waals surface area contributed by atoms with Crippen molar-refractivity contribution in [1.82, 2.24) is 5.32 Å². The van der Waals surface area contributed by atoms with Crippen LogP contribution in [0.2, 0.25) is 6.55 Å². The zero-order chi connectivity index (χ0) is 11.4. The Hall–Kier alpha value is 0.0369. The van der Waals surface area contributed by atoms with Crippen molar-refractivity contribution in [2.24, 2.45) is 0 Å². The zero-order valence-electron chi connectivity index (χ0n) is 8.60. The first-order valence-electron chi connectivity index (χ1n) is 3.89. The molecule has 1 atom stereocenters. The van der Waals surface area contributed by atoms with E-state index in [0.717, 1.165) is 6.55 Å². The van der Waals surface area contributed by atoms with Crippen LogP contribution in [-0.2, 0) is 9.59 Å². The van der Waals surface area contributed by atoms with Gasteiger partial charge < -0.3 is 24.8 Å². The van der Waals surface area contributed by atoms with Gasteiger partial charge in [-0.1, -0.05) is 0 Å². The number of carboxylic acids is 1. The molecule has 1 radical (unpaired) electrons. The second-order valence-corrected chi connectivity index (χ2v) is 4.91. The van der Waals surface area contributed by atoms with Crippen molar-refractivity contribution in [3.63, 3.8) is 0 Å². The van der Waals surface area contributed by atoms with Crippen molar-refractivity contribution in [2.45, 2.75) is 25.4 Å². The van der Waals surface area contributed by atoms with Gasteiger partial charge in [0, 0.05) is 42.5 Å². The fourth-order valence-corrected chi connectivity index (χ4v) is 0.799. The van der Waals surface area contributed by atoms with Gasteiger partial charge in [-0.15, -0.1) is 0 Å². The van der Waals surface area contributed by atoms with Crippen LogP contribution in [0.25, 0.3) is 0 Å². The molecule has 0 unspecified atom stereocenters. The van der Waals surface area contributed by atoms with Gasteiger partial charge in [-0.25, -0.2) is 4.79 Å². The first-order chi connectivity index (χ1) is 6.20. The third-order valence-electron chi connectivity index (χ3n) is 1.29. The van der Waals surface area contributed by atoms with Crippen LogP contribution in [0.3, 0.4) is 0 Å². The van der Waals surface area contributed by atoms with Crippen LogP contribution in [0.15, 0.2) is 0 Å². The van der Waals surface area contributed by atoms with Gasteiger partial charge in [-0.05, 0) is 6.42 Å². The SMILES string of the molecule is C[Si](O)(O)O.O=C1CC[C@@H](C(=O)O)N1.[Na]. The molecule has 0 aromatic heterocycles. The molecule has 0 aromatic carbocycles. The number of rotatable bonds is 1. The maximum Gasteiger partial charge on any atom is 0.489 e. The van der Waals surface area contributed by atoms with E-state index in [9.17, 15) is 9.59 Å². The molecular weight excluding hydrogens is 233 g/mol. The van der Waals surface area contributed by atoms with Gasteiger partial charge in [0.05, 0.1) is 0 Å². The normalized spacial score (nSPS) is 19.5. The van der Waals surface area contributed by atoms with Crippen molar-refractivity contribution < 1.29 is 29.1 Å². The molecule has 1 heterocycles. The Morgan fingerprint density at radius 2 is 1.87 bits per heavy atom. The fourth-order valence-electron chi connectivity index (χ4n) is 0.799. The monoisotopic (exact) mass is 246 g/mol. The number of hydrogen-bond donors (Lipinski definition) is 5. The molecule has 0 aromatic rings. The van der Waals surface area contributed by atoms with Crippen LogP contribution in [0.4, 0.5) is 0 Å². The third-order valence-corrected chi connectivity index (χ3v) is 1.29. The van der Waals surface area contributed by atoms with Crippen LogP contribution in [0.1, 0.15) is 12.8 Å². The molecule has 5 N–H and O–H groups in total. The molecule has 0 bridgehead atoms. The molecule has 0 spiro atoms. The van der Waals surface area contributed by atoms with E-state index in [2.05, 4.69) is 5.32 Å². The van der Waals surface area contributed by atoms with Gasteiger partial charge in [0.2, 0.25) is 5.91 Å². The molecule has 0 saturated carbocycles. The number of amides is 1. The maximum atomic E-state index is 10.4. The van der Waals surface area contributed by atoms with Gasteiger partial charge in [-0.3, -0.25) is 4.79 Å². The van der Waals surface area contributed by atoms with E-state index < -0.39 is 20.8 Å². The summed E-state index contributed by atoms with van der Waals surface area (Å²) in [7, 11) is -3.61. The molecule has 0 aliphatic carbocycles. The molecule has 83 valence electrons. The molecular formula is C6H13NNaO6Si. The fraction of sp³-hybridized carbons (Fsp3) is 0.667. The zero-order valence-corrected chi connectivity index (χ0v) is 11.6. The Bertz CT molecular complexity index is 224. The largest absolute Gasteiger partial charge is 0.489 e. The topological polar surface area (TPSA) is 127 Å². The van der Waals surface area contributed by atoms with Crippen molar-refractivity contribution in [2.75, 3.05) is 0 Å². The predicted octanol–water partition coefficient (Wildman–Crippen LogP) is -2.50. The summed E-state index contributed by atoms with van der Waals surface area (Å²) < 4.78 is 0. The van der Waals surface area contributed by atoms with Gasteiger partial charge in [-0.2, -0.15) is 0 Å². The summed E-state index contributed by atoms with van der Waals surface area (Å²) in [5.41, 5.74) is 0. The van der Waals surface area contributed by atoms with Gasteiger partial charge >= 0.3 is 14.8 Å². The molecule has 15 heavy (non-hydrogen) atoms. The number of carboxylic acid groups (broad SMARTS) is 1. The standard InChI is InChI=1S/C5H7NO3.CH6O3Si.Na/c7-4-2-1-3(6-4)5(8)9;1-5(2,3)4;/h3H,1-2H2,(H,6,7)(H,8,9);2-4H,1H3;/t3-;;/m0../s1. The van der Waals surface area contributed by atoms with Crippen LogP contribution in [0.5, 0.6) is 0 Å². The second kappa shape index (κ2) is 7.33. The first-order valence-corrected chi connectivity index (χ1v) is 6.23. The van der Waals surface area contributed by atoms with Crippen molar-refractivity contribution in [1.29, 1.82) is 0 Å². The van der Waals surface area contributed by atoms with Crippen LogP contribution in [0, 0.1) is 0 Å². The van der Waals surface area contributed by atoms with E-state index in [4.69, 9.17) is 19.5 Å². The van der Waals surface area contributed by atoms with E-state index in [-0.39, 0.29) is 35.5 Å². The molecule has 1 aliphatic heterocycles. The van der Waals surface area contributed by atoms with E-state index in [1.807, 2.05) is 0 Å². The quantitative estimate of drug-likeness (QED) is 0.325. The molecule has 1 amide bonds. The Kier molecular flexibility index (Phi) is 8.52. The van der Waals surface area contributed by atoms with Gasteiger partial charge in [0.1, 0.15) is 6.04 Å². The van der Waals surface area contributed by atoms with E-state index >= 15 is 0 Å². The van der Waals surface area contributed by atoms with Crippen molar-refractivity contribution in [3.05, 3.63) is 0 Å². The van der Waals surface area contributed by atoms with Crippen LogP contribution < -0.4 is 5.32 Å².